The third-order valence-electron chi connectivity index (χ3n) is 4.36. The van der Waals surface area contributed by atoms with Gasteiger partial charge in [0.15, 0.2) is 6.61 Å². The Morgan fingerprint density at radius 2 is 1.89 bits per heavy atom. The maximum Gasteiger partial charge on any atom is 0.341 e. The van der Waals surface area contributed by atoms with Gasteiger partial charge in [-0.05, 0) is 31.0 Å². The van der Waals surface area contributed by atoms with E-state index in [1.54, 1.807) is 14.1 Å². The third-order valence-corrected chi connectivity index (χ3v) is 4.36. The molecule has 2 rings (SSSR count). The number of nitro groups is 1. The Labute approximate surface area is 163 Å². The van der Waals surface area contributed by atoms with Crippen LogP contribution in [0.25, 0.3) is 0 Å². The molecule has 2 aromatic carbocycles. The molecule has 0 aliphatic rings. The number of ether oxygens (including phenoxy) is 1. The second-order valence-corrected chi connectivity index (χ2v) is 6.49. The van der Waals surface area contributed by atoms with Crippen molar-refractivity contribution in [3.05, 3.63) is 68.8 Å². The van der Waals surface area contributed by atoms with Crippen LogP contribution < -0.4 is 5.32 Å². The van der Waals surface area contributed by atoms with Crippen molar-refractivity contribution in [2.45, 2.75) is 20.4 Å². The van der Waals surface area contributed by atoms with Crippen LogP contribution in [-0.4, -0.2) is 42.4 Å². The molecule has 8 nitrogen and oxygen atoms in total. The molecule has 0 spiro atoms. The van der Waals surface area contributed by atoms with Gasteiger partial charge in [0.1, 0.15) is 0 Å². The number of rotatable bonds is 7. The van der Waals surface area contributed by atoms with Crippen molar-refractivity contribution < 1.29 is 19.2 Å². The van der Waals surface area contributed by atoms with Crippen molar-refractivity contribution >= 4 is 23.3 Å². The third kappa shape index (κ3) is 5.06. The maximum atomic E-state index is 12.3. The second kappa shape index (κ2) is 8.98. The van der Waals surface area contributed by atoms with Crippen LogP contribution in [0.15, 0.2) is 36.4 Å². The van der Waals surface area contributed by atoms with Crippen molar-refractivity contribution in [3.8, 4) is 0 Å². The SMILES string of the molecule is CNc1ccc([N+](=O)[O-])cc1C(=O)OCC(=O)N(C)Cc1ccc(C)cc1C. The van der Waals surface area contributed by atoms with Gasteiger partial charge >= 0.3 is 5.97 Å². The normalized spacial score (nSPS) is 10.3. The predicted octanol–water partition coefficient (Wildman–Crippen LogP) is 3.07. The second-order valence-electron chi connectivity index (χ2n) is 6.49. The van der Waals surface area contributed by atoms with Crippen LogP contribution in [0.2, 0.25) is 0 Å². The number of benzene rings is 2. The zero-order chi connectivity index (χ0) is 20.8. The topological polar surface area (TPSA) is 102 Å². The first-order valence-corrected chi connectivity index (χ1v) is 8.66. The number of carbonyl (C=O) groups excluding carboxylic acids is 2. The number of nitrogens with zero attached hydrogens (tertiary/aromatic N) is 2. The number of hydrogen-bond acceptors (Lipinski definition) is 6. The molecule has 0 aliphatic heterocycles. The fourth-order valence-corrected chi connectivity index (χ4v) is 2.71. The lowest BCUT2D eigenvalue weighted by Gasteiger charge is -2.19. The Kier molecular flexibility index (Phi) is 6.70. The number of esters is 1. The van der Waals surface area contributed by atoms with Crippen LogP contribution in [0, 0.1) is 24.0 Å². The summed E-state index contributed by atoms with van der Waals surface area (Å²) in [6, 6.07) is 9.80. The number of likely N-dealkylation sites (N-methyl/N-ethyl adjacent to an activating group) is 1. The summed E-state index contributed by atoms with van der Waals surface area (Å²) in [7, 11) is 3.21. The van der Waals surface area contributed by atoms with Crippen molar-refractivity contribution in [2.24, 2.45) is 0 Å². The molecule has 0 unspecified atom stereocenters. The van der Waals surface area contributed by atoms with Gasteiger partial charge in [0.2, 0.25) is 0 Å². The maximum absolute atomic E-state index is 12.3. The van der Waals surface area contributed by atoms with E-state index in [0.717, 1.165) is 22.8 Å². The fourth-order valence-electron chi connectivity index (χ4n) is 2.71. The highest BCUT2D eigenvalue weighted by atomic mass is 16.6. The minimum atomic E-state index is -0.804. The molecule has 0 fully saturated rings. The fraction of sp³-hybridized carbons (Fsp3) is 0.300. The van der Waals surface area contributed by atoms with E-state index in [1.165, 1.54) is 17.0 Å². The Hall–Kier alpha value is -3.42. The number of nitrogens with one attached hydrogen (secondary N) is 1. The molecule has 0 saturated carbocycles. The van der Waals surface area contributed by atoms with E-state index >= 15 is 0 Å². The zero-order valence-electron chi connectivity index (χ0n) is 16.3. The van der Waals surface area contributed by atoms with E-state index < -0.39 is 17.5 Å². The zero-order valence-corrected chi connectivity index (χ0v) is 16.3. The lowest BCUT2D eigenvalue weighted by Crippen LogP contribution is -2.31. The quantitative estimate of drug-likeness (QED) is 0.446. The molecule has 0 aliphatic carbocycles. The highest BCUT2D eigenvalue weighted by molar-refractivity contribution is 5.97. The van der Waals surface area contributed by atoms with Gasteiger partial charge in [-0.15, -0.1) is 0 Å². The Bertz CT molecular complexity index is 911. The highest BCUT2D eigenvalue weighted by Crippen LogP contribution is 2.22. The number of non-ortho nitro benzene ring substituents is 1. The van der Waals surface area contributed by atoms with E-state index in [2.05, 4.69) is 5.32 Å². The summed E-state index contributed by atoms with van der Waals surface area (Å²) in [6.07, 6.45) is 0. The number of carbonyl (C=O) groups is 2. The van der Waals surface area contributed by atoms with Gasteiger partial charge < -0.3 is 15.0 Å². The molecule has 0 bridgehead atoms. The Morgan fingerprint density at radius 3 is 2.50 bits per heavy atom. The molecular formula is C20H23N3O5. The van der Waals surface area contributed by atoms with Gasteiger partial charge in [-0.3, -0.25) is 14.9 Å². The number of nitro benzene ring substituents is 1. The standard InChI is InChI=1S/C20H23N3O5/c1-13-5-6-15(14(2)9-13)11-22(4)19(24)12-28-20(25)17-10-16(23(26)27)7-8-18(17)21-3/h5-10,21H,11-12H2,1-4H3. The first-order chi connectivity index (χ1) is 13.2. The first kappa shape index (κ1) is 20.9. The molecule has 0 radical (unpaired) electrons. The average molecular weight is 385 g/mol. The largest absolute Gasteiger partial charge is 0.452 e. The summed E-state index contributed by atoms with van der Waals surface area (Å²) in [4.78, 5) is 36.4. The van der Waals surface area contributed by atoms with E-state index in [0.29, 0.717) is 12.2 Å². The van der Waals surface area contributed by atoms with Crippen LogP contribution in [0.4, 0.5) is 11.4 Å². The van der Waals surface area contributed by atoms with E-state index in [-0.39, 0.29) is 17.2 Å². The number of amides is 1. The van der Waals surface area contributed by atoms with Crippen LogP contribution in [0.5, 0.6) is 0 Å². The molecule has 0 saturated heterocycles. The minimum Gasteiger partial charge on any atom is -0.452 e. The molecule has 8 heteroatoms. The molecule has 1 amide bonds. The van der Waals surface area contributed by atoms with E-state index in [9.17, 15) is 19.7 Å². The monoisotopic (exact) mass is 385 g/mol. The summed E-state index contributed by atoms with van der Waals surface area (Å²) in [5, 5.41) is 13.7. The van der Waals surface area contributed by atoms with Gasteiger partial charge in [-0.1, -0.05) is 23.8 Å². The van der Waals surface area contributed by atoms with Crippen LogP contribution in [0.1, 0.15) is 27.0 Å². The van der Waals surface area contributed by atoms with E-state index in [4.69, 9.17) is 4.74 Å². The summed E-state index contributed by atoms with van der Waals surface area (Å²) >= 11 is 0. The molecular weight excluding hydrogens is 362 g/mol. The van der Waals surface area contributed by atoms with E-state index in [1.807, 2.05) is 32.0 Å². The van der Waals surface area contributed by atoms with Gasteiger partial charge in [0, 0.05) is 38.5 Å². The molecule has 148 valence electrons. The summed E-state index contributed by atoms with van der Waals surface area (Å²) < 4.78 is 5.08. The first-order valence-electron chi connectivity index (χ1n) is 8.66. The average Bonchev–Trinajstić information content (AvgIpc) is 2.67. The number of hydrogen-bond donors (Lipinski definition) is 1. The number of anilines is 1. The van der Waals surface area contributed by atoms with Gasteiger partial charge in [-0.2, -0.15) is 0 Å². The molecule has 0 heterocycles. The van der Waals surface area contributed by atoms with Crippen LogP contribution >= 0.6 is 0 Å². The Balaban J connectivity index is 2.02. The highest BCUT2D eigenvalue weighted by Gasteiger charge is 2.19. The minimum absolute atomic E-state index is 0.00142. The van der Waals surface area contributed by atoms with Gasteiger partial charge in [0.25, 0.3) is 11.6 Å². The summed E-state index contributed by atoms with van der Waals surface area (Å²) in [5.41, 5.74) is 3.37. The molecule has 28 heavy (non-hydrogen) atoms. The van der Waals surface area contributed by atoms with Gasteiger partial charge in [-0.25, -0.2) is 4.79 Å². The number of aryl methyl sites for hydroxylation is 2. The molecule has 2 aromatic rings. The lowest BCUT2D eigenvalue weighted by atomic mass is 10.1. The lowest BCUT2D eigenvalue weighted by molar-refractivity contribution is -0.384. The smallest absolute Gasteiger partial charge is 0.341 e. The van der Waals surface area contributed by atoms with Crippen molar-refractivity contribution in [2.75, 3.05) is 26.0 Å². The molecule has 0 atom stereocenters. The van der Waals surface area contributed by atoms with Crippen molar-refractivity contribution in [1.29, 1.82) is 0 Å². The van der Waals surface area contributed by atoms with Crippen molar-refractivity contribution in [3.63, 3.8) is 0 Å². The summed E-state index contributed by atoms with van der Waals surface area (Å²) in [5.74, 6) is -1.17. The molecule has 1 N–H and O–H groups in total. The van der Waals surface area contributed by atoms with Crippen LogP contribution in [-0.2, 0) is 16.1 Å². The predicted molar refractivity (Wildman–Crippen MR) is 105 cm³/mol. The Morgan fingerprint density at radius 1 is 1.18 bits per heavy atom. The van der Waals surface area contributed by atoms with Crippen molar-refractivity contribution in [1.82, 2.24) is 4.90 Å². The summed E-state index contributed by atoms with van der Waals surface area (Å²) in [6.45, 7) is 3.91. The van der Waals surface area contributed by atoms with Crippen LogP contribution in [0.3, 0.4) is 0 Å². The molecule has 0 aromatic heterocycles. The van der Waals surface area contributed by atoms with Gasteiger partial charge in [0.05, 0.1) is 10.5 Å².